The molecule has 1 unspecified atom stereocenters. The number of likely N-dealkylation sites (tertiary alicyclic amines) is 1. The number of phenols is 1. The van der Waals surface area contributed by atoms with Crippen LogP contribution in [0, 0.1) is 11.8 Å². The van der Waals surface area contributed by atoms with Gasteiger partial charge in [0.25, 0.3) is 11.8 Å². The highest BCUT2D eigenvalue weighted by molar-refractivity contribution is 6.23. The molecule has 10 rings (SSSR count). The Morgan fingerprint density at radius 2 is 1.37 bits per heavy atom. The molecule has 4 aromatic rings. The number of rotatable bonds is 7. The molecule has 5 heterocycles. The van der Waals surface area contributed by atoms with Gasteiger partial charge in [0, 0.05) is 56.7 Å². The van der Waals surface area contributed by atoms with Crippen molar-refractivity contribution in [3.63, 3.8) is 0 Å². The minimum absolute atomic E-state index is 0.0456. The SMILES string of the molecule is O=C1CCC(N2C(=O)c3cc4c(cc3C2=O)CN(C(=O)C2CCN(CC3CCN(c5ccc([C@@H]6c7ccc(O)cc7CC[C@@H]6c6ccccc6)cc5)CC3)CC2)C4)C(=O)N1. The number of phenolic OH excluding ortho intramolecular Hbond substituents is 1. The maximum Gasteiger partial charge on any atom is 0.262 e. The normalized spacial score (nSPS) is 23.7. The summed E-state index contributed by atoms with van der Waals surface area (Å²) in [6.45, 7) is 5.72. The molecule has 0 saturated carbocycles. The molecule has 0 bridgehead atoms. The molecule has 5 aliphatic heterocycles. The molecule has 6 aliphatic rings. The Balaban J connectivity index is 0.708. The number of amides is 5. The van der Waals surface area contributed by atoms with Crippen molar-refractivity contribution < 1.29 is 29.1 Å². The fourth-order valence-electron chi connectivity index (χ4n) is 11.1. The first-order valence-corrected chi connectivity index (χ1v) is 21.8. The third-order valence-electron chi connectivity index (χ3n) is 14.3. The van der Waals surface area contributed by atoms with Gasteiger partial charge < -0.3 is 19.8 Å². The molecule has 3 saturated heterocycles. The van der Waals surface area contributed by atoms with Crippen LogP contribution >= 0.6 is 0 Å². The molecular weight excluding hydrogens is 755 g/mol. The molecule has 2 N–H and O–H groups in total. The second-order valence-electron chi connectivity index (χ2n) is 17.8. The Morgan fingerprint density at radius 3 is 2.03 bits per heavy atom. The van der Waals surface area contributed by atoms with Crippen molar-refractivity contribution in [2.75, 3.05) is 37.6 Å². The summed E-state index contributed by atoms with van der Waals surface area (Å²) < 4.78 is 0. The molecule has 3 atom stereocenters. The molecule has 1 aliphatic carbocycles. The van der Waals surface area contributed by atoms with Crippen LogP contribution in [0.1, 0.15) is 111 Å². The summed E-state index contributed by atoms with van der Waals surface area (Å²) >= 11 is 0. The van der Waals surface area contributed by atoms with Gasteiger partial charge >= 0.3 is 0 Å². The highest BCUT2D eigenvalue weighted by atomic mass is 16.3. The van der Waals surface area contributed by atoms with Crippen molar-refractivity contribution in [1.29, 1.82) is 0 Å². The van der Waals surface area contributed by atoms with Crippen molar-refractivity contribution in [2.45, 2.75) is 82.3 Å². The number of piperidine rings is 3. The lowest BCUT2D eigenvalue weighted by Crippen LogP contribution is -2.54. The van der Waals surface area contributed by atoms with E-state index in [2.05, 4.69) is 75.8 Å². The van der Waals surface area contributed by atoms with Gasteiger partial charge in [0.2, 0.25) is 17.7 Å². The van der Waals surface area contributed by atoms with E-state index < -0.39 is 29.7 Å². The average molecular weight is 806 g/mol. The summed E-state index contributed by atoms with van der Waals surface area (Å²) in [7, 11) is 0. The number of hydrogen-bond donors (Lipinski definition) is 2. The Labute approximate surface area is 350 Å². The lowest BCUT2D eigenvalue weighted by Gasteiger charge is -2.39. The fourth-order valence-corrected chi connectivity index (χ4v) is 11.1. The third kappa shape index (κ3) is 7.06. The maximum atomic E-state index is 13.8. The number of imide groups is 2. The van der Waals surface area contributed by atoms with Crippen LogP contribution in [0.3, 0.4) is 0 Å². The van der Waals surface area contributed by atoms with Crippen molar-refractivity contribution >= 4 is 35.2 Å². The Kier molecular flexibility index (Phi) is 10.0. The quantitative estimate of drug-likeness (QED) is 0.214. The first kappa shape index (κ1) is 38.4. The van der Waals surface area contributed by atoms with Crippen LogP contribution in [0.25, 0.3) is 0 Å². The summed E-state index contributed by atoms with van der Waals surface area (Å²) in [5, 5.41) is 12.5. The van der Waals surface area contributed by atoms with E-state index in [-0.39, 0.29) is 41.7 Å². The third-order valence-corrected chi connectivity index (χ3v) is 14.3. The number of carbonyl (C=O) groups is 5. The van der Waals surface area contributed by atoms with Crippen LogP contribution in [-0.4, -0.2) is 88.1 Å². The summed E-state index contributed by atoms with van der Waals surface area (Å²) in [4.78, 5) is 72.5. The van der Waals surface area contributed by atoms with Gasteiger partial charge in [-0.05, 0) is 140 Å². The van der Waals surface area contributed by atoms with E-state index in [1.807, 2.05) is 17.0 Å². The van der Waals surface area contributed by atoms with E-state index in [1.54, 1.807) is 12.1 Å². The smallest absolute Gasteiger partial charge is 0.262 e. The van der Waals surface area contributed by atoms with Gasteiger partial charge in [-0.3, -0.25) is 34.2 Å². The van der Waals surface area contributed by atoms with E-state index in [1.165, 1.54) is 27.9 Å². The maximum absolute atomic E-state index is 13.8. The van der Waals surface area contributed by atoms with Gasteiger partial charge in [0.05, 0.1) is 11.1 Å². The number of benzene rings is 4. The predicted molar refractivity (Wildman–Crippen MR) is 225 cm³/mol. The van der Waals surface area contributed by atoms with Gasteiger partial charge in [-0.25, -0.2) is 0 Å². The number of aromatic hydroxyl groups is 1. The van der Waals surface area contributed by atoms with Gasteiger partial charge in [-0.1, -0.05) is 48.5 Å². The zero-order chi connectivity index (χ0) is 41.1. The van der Waals surface area contributed by atoms with Crippen LogP contribution in [0.15, 0.2) is 84.9 Å². The van der Waals surface area contributed by atoms with E-state index in [0.29, 0.717) is 30.7 Å². The van der Waals surface area contributed by atoms with Crippen LogP contribution in [0.4, 0.5) is 5.69 Å². The number of nitrogens with zero attached hydrogens (tertiary/aromatic N) is 4. The number of carbonyl (C=O) groups excluding carboxylic acids is 5. The van der Waals surface area contributed by atoms with Gasteiger partial charge in [-0.15, -0.1) is 0 Å². The Morgan fingerprint density at radius 1 is 0.683 bits per heavy atom. The number of aryl methyl sites for hydroxylation is 1. The molecule has 0 radical (unpaired) electrons. The van der Waals surface area contributed by atoms with Crippen LogP contribution < -0.4 is 10.2 Å². The summed E-state index contributed by atoms with van der Waals surface area (Å²) in [5.74, 6) is -0.391. The first-order chi connectivity index (χ1) is 29.2. The lowest BCUT2D eigenvalue weighted by molar-refractivity contribution is -0.138. The molecule has 11 heteroatoms. The van der Waals surface area contributed by atoms with Gasteiger partial charge in [-0.2, -0.15) is 0 Å². The molecule has 0 spiro atoms. The average Bonchev–Trinajstić information content (AvgIpc) is 3.80. The highest BCUT2D eigenvalue weighted by Crippen LogP contribution is 2.47. The molecule has 0 aromatic heterocycles. The predicted octanol–water partition coefficient (Wildman–Crippen LogP) is 6.13. The van der Waals surface area contributed by atoms with Crippen molar-refractivity contribution in [2.24, 2.45) is 11.8 Å². The molecule has 60 heavy (non-hydrogen) atoms. The second kappa shape index (κ2) is 15.7. The van der Waals surface area contributed by atoms with Gasteiger partial charge in [0.1, 0.15) is 11.8 Å². The van der Waals surface area contributed by atoms with E-state index >= 15 is 0 Å². The van der Waals surface area contributed by atoms with Crippen LogP contribution in [0.2, 0.25) is 0 Å². The van der Waals surface area contributed by atoms with Crippen molar-refractivity contribution in [3.8, 4) is 5.75 Å². The van der Waals surface area contributed by atoms with E-state index in [9.17, 15) is 29.1 Å². The number of hydrogen-bond acceptors (Lipinski definition) is 8. The van der Waals surface area contributed by atoms with E-state index in [0.717, 1.165) is 87.3 Å². The van der Waals surface area contributed by atoms with Crippen LogP contribution in [-0.2, 0) is 33.9 Å². The molecular formula is C49H51N5O6. The largest absolute Gasteiger partial charge is 0.508 e. The summed E-state index contributed by atoms with van der Waals surface area (Å²) in [6.07, 6.45) is 6.14. The fraction of sp³-hybridized carbons (Fsp3) is 0.408. The Hall–Kier alpha value is -5.81. The lowest BCUT2D eigenvalue weighted by atomic mass is 9.69. The standard InChI is InChI=1S/C49H51N5O6/c55-38-11-13-40-34(24-38)8-12-39(31-4-2-1-3-5-31)45(40)32-6-9-37(10-7-32)52-22-16-30(17-23-52)27-51-20-18-33(19-21-51)47(58)53-28-35-25-41-42(26-36(35)29-53)49(60)54(48(41)59)43-14-15-44(56)50-46(43)57/h1-7,9-11,13,24-26,30,33,39,43,45,55H,8,12,14-23,27-29H2,(H,50,56,57)/t39-,43?,45+/m1/s1. The van der Waals surface area contributed by atoms with E-state index in [4.69, 9.17) is 0 Å². The van der Waals surface area contributed by atoms with Crippen LogP contribution in [0.5, 0.6) is 5.75 Å². The van der Waals surface area contributed by atoms with Gasteiger partial charge in [0.15, 0.2) is 0 Å². The van der Waals surface area contributed by atoms with Crippen molar-refractivity contribution in [1.82, 2.24) is 20.0 Å². The topological polar surface area (TPSA) is 131 Å². The minimum atomic E-state index is -0.996. The Bertz CT molecular complexity index is 2320. The molecule has 3 fully saturated rings. The zero-order valence-electron chi connectivity index (χ0n) is 33.9. The molecule has 5 amide bonds. The zero-order valence-corrected chi connectivity index (χ0v) is 33.9. The molecule has 308 valence electrons. The highest BCUT2D eigenvalue weighted by Gasteiger charge is 2.46. The first-order valence-electron chi connectivity index (χ1n) is 21.8. The number of nitrogens with one attached hydrogen (secondary N) is 1. The summed E-state index contributed by atoms with van der Waals surface area (Å²) in [5.41, 5.74) is 8.78. The number of fused-ring (bicyclic) bond motifs is 3. The monoisotopic (exact) mass is 805 g/mol. The second-order valence-corrected chi connectivity index (χ2v) is 17.8. The van der Waals surface area contributed by atoms with Crippen molar-refractivity contribution in [3.05, 3.63) is 129 Å². The number of anilines is 1. The summed E-state index contributed by atoms with van der Waals surface area (Å²) in [6, 6.07) is 28.5. The molecule has 4 aromatic carbocycles. The molecule has 11 nitrogen and oxygen atoms in total. The minimum Gasteiger partial charge on any atom is -0.508 e.